The quantitative estimate of drug-likeness (QED) is 0.774. The number of aryl methyl sites for hydroxylation is 1. The van der Waals surface area contributed by atoms with Crippen molar-refractivity contribution in [3.8, 4) is 0 Å². The minimum absolute atomic E-state index is 0.199. The summed E-state index contributed by atoms with van der Waals surface area (Å²) in [6, 6.07) is 8.22. The summed E-state index contributed by atoms with van der Waals surface area (Å²) in [5.41, 5.74) is 1.22. The van der Waals surface area contributed by atoms with Gasteiger partial charge in [0.05, 0.1) is 5.75 Å². The van der Waals surface area contributed by atoms with Crippen LogP contribution in [0.1, 0.15) is 18.4 Å². The Morgan fingerprint density at radius 1 is 1.13 bits per heavy atom. The molecular formula is C17H19N3OS2. The summed E-state index contributed by atoms with van der Waals surface area (Å²) >= 11 is 3.09. The number of thioether (sulfide) groups is 1. The Morgan fingerprint density at radius 2 is 1.83 bits per heavy atom. The third kappa shape index (κ3) is 4.26. The van der Waals surface area contributed by atoms with Gasteiger partial charge in [0.1, 0.15) is 10.1 Å². The van der Waals surface area contributed by atoms with Crippen LogP contribution in [-0.2, 0) is 4.79 Å². The second kappa shape index (κ2) is 7.84. The van der Waals surface area contributed by atoms with Crippen LogP contribution in [0.15, 0.2) is 51.6 Å². The van der Waals surface area contributed by atoms with Crippen LogP contribution in [0.2, 0.25) is 0 Å². The summed E-state index contributed by atoms with van der Waals surface area (Å²) < 4.78 is 0. The number of likely N-dealkylation sites (tertiary alicyclic amines) is 1. The number of hydrogen-bond acceptors (Lipinski definition) is 5. The second-order valence-corrected chi connectivity index (χ2v) is 7.41. The van der Waals surface area contributed by atoms with Crippen LogP contribution in [0, 0.1) is 6.92 Å². The van der Waals surface area contributed by atoms with E-state index in [0.29, 0.717) is 5.75 Å². The minimum atomic E-state index is 0.199. The molecule has 1 aromatic heterocycles. The normalized spacial score (nSPS) is 14.2. The predicted molar refractivity (Wildman–Crippen MR) is 93.9 cm³/mol. The summed E-state index contributed by atoms with van der Waals surface area (Å²) in [5, 5.41) is 1.69. The highest BCUT2D eigenvalue weighted by Crippen LogP contribution is 2.34. The lowest BCUT2D eigenvalue weighted by Gasteiger charge is -2.15. The summed E-state index contributed by atoms with van der Waals surface area (Å²) in [6.45, 7) is 3.87. The highest BCUT2D eigenvalue weighted by molar-refractivity contribution is 8.02. The van der Waals surface area contributed by atoms with Crippen LogP contribution >= 0.6 is 23.5 Å². The van der Waals surface area contributed by atoms with Gasteiger partial charge >= 0.3 is 0 Å². The van der Waals surface area contributed by atoms with E-state index in [-0.39, 0.29) is 5.91 Å². The van der Waals surface area contributed by atoms with Gasteiger partial charge in [-0.15, -0.1) is 0 Å². The molecule has 120 valence electrons. The molecule has 4 nitrogen and oxygen atoms in total. The van der Waals surface area contributed by atoms with Crippen molar-refractivity contribution >= 4 is 29.4 Å². The zero-order valence-electron chi connectivity index (χ0n) is 13.1. The number of carbonyl (C=O) groups excluding carboxylic acids is 1. The van der Waals surface area contributed by atoms with Gasteiger partial charge in [0.15, 0.2) is 0 Å². The molecule has 1 fully saturated rings. The fourth-order valence-corrected chi connectivity index (χ4v) is 4.34. The number of aromatic nitrogens is 2. The van der Waals surface area contributed by atoms with Gasteiger partial charge in [-0.1, -0.05) is 41.7 Å². The van der Waals surface area contributed by atoms with Crippen LogP contribution in [0.25, 0.3) is 0 Å². The Hall–Kier alpha value is -1.53. The molecule has 1 aromatic carbocycles. The maximum atomic E-state index is 12.2. The molecule has 0 unspecified atom stereocenters. The average Bonchev–Trinajstić information content (AvgIpc) is 3.10. The van der Waals surface area contributed by atoms with Crippen molar-refractivity contribution in [2.24, 2.45) is 0 Å². The standard InChI is InChI=1S/C17H19N3OS2/c1-13-6-2-3-7-14(13)23-17-16(18-8-9-19-17)22-12-15(21)20-10-4-5-11-20/h2-3,6-9H,4-5,10-12H2,1H3. The zero-order chi connectivity index (χ0) is 16.1. The van der Waals surface area contributed by atoms with Crippen molar-refractivity contribution in [3.05, 3.63) is 42.2 Å². The maximum absolute atomic E-state index is 12.2. The molecule has 0 aliphatic carbocycles. The van der Waals surface area contributed by atoms with Crippen molar-refractivity contribution in [2.75, 3.05) is 18.8 Å². The van der Waals surface area contributed by atoms with Gasteiger partial charge in [-0.25, -0.2) is 9.97 Å². The molecule has 23 heavy (non-hydrogen) atoms. The summed E-state index contributed by atoms with van der Waals surface area (Å²) in [5.74, 6) is 0.630. The molecule has 0 spiro atoms. The topological polar surface area (TPSA) is 46.1 Å². The van der Waals surface area contributed by atoms with E-state index < -0.39 is 0 Å². The van der Waals surface area contributed by atoms with Crippen molar-refractivity contribution in [2.45, 2.75) is 34.7 Å². The molecule has 2 aromatic rings. The molecular weight excluding hydrogens is 326 g/mol. The third-order valence-electron chi connectivity index (χ3n) is 3.72. The van der Waals surface area contributed by atoms with E-state index in [0.717, 1.165) is 36.0 Å². The van der Waals surface area contributed by atoms with Crippen molar-refractivity contribution < 1.29 is 4.79 Å². The highest BCUT2D eigenvalue weighted by Gasteiger charge is 2.19. The Morgan fingerprint density at radius 3 is 2.57 bits per heavy atom. The number of hydrogen-bond donors (Lipinski definition) is 0. The zero-order valence-corrected chi connectivity index (χ0v) is 14.7. The molecule has 0 radical (unpaired) electrons. The molecule has 0 atom stereocenters. The maximum Gasteiger partial charge on any atom is 0.232 e. The van der Waals surface area contributed by atoms with Gasteiger partial charge in [-0.05, 0) is 31.4 Å². The van der Waals surface area contributed by atoms with E-state index >= 15 is 0 Å². The van der Waals surface area contributed by atoms with Crippen LogP contribution in [0.3, 0.4) is 0 Å². The fourth-order valence-electron chi connectivity index (χ4n) is 2.44. The summed E-state index contributed by atoms with van der Waals surface area (Å²) in [7, 11) is 0. The van der Waals surface area contributed by atoms with Crippen molar-refractivity contribution in [3.63, 3.8) is 0 Å². The number of benzene rings is 1. The first-order valence-electron chi connectivity index (χ1n) is 7.69. The predicted octanol–water partition coefficient (Wildman–Crippen LogP) is 3.65. The SMILES string of the molecule is Cc1ccccc1Sc1nccnc1SCC(=O)N1CCCC1. The van der Waals surface area contributed by atoms with E-state index in [4.69, 9.17) is 0 Å². The Labute approximate surface area is 145 Å². The molecule has 1 aliphatic heterocycles. The lowest BCUT2D eigenvalue weighted by Crippen LogP contribution is -2.29. The van der Waals surface area contributed by atoms with Gasteiger partial charge in [0.25, 0.3) is 0 Å². The van der Waals surface area contributed by atoms with Crippen molar-refractivity contribution in [1.29, 1.82) is 0 Å². The van der Waals surface area contributed by atoms with E-state index in [9.17, 15) is 4.79 Å². The van der Waals surface area contributed by atoms with Gasteiger partial charge in [-0.2, -0.15) is 0 Å². The summed E-state index contributed by atoms with van der Waals surface area (Å²) in [6.07, 6.45) is 5.63. The van der Waals surface area contributed by atoms with Crippen LogP contribution in [-0.4, -0.2) is 39.6 Å². The van der Waals surface area contributed by atoms with Crippen LogP contribution in [0.5, 0.6) is 0 Å². The molecule has 0 bridgehead atoms. The first-order valence-corrected chi connectivity index (χ1v) is 9.49. The van der Waals surface area contributed by atoms with Crippen LogP contribution < -0.4 is 0 Å². The third-order valence-corrected chi connectivity index (χ3v) is 5.99. The number of amides is 1. The van der Waals surface area contributed by atoms with Gasteiger partial charge in [-0.3, -0.25) is 4.79 Å². The van der Waals surface area contributed by atoms with E-state index in [2.05, 4.69) is 29.0 Å². The van der Waals surface area contributed by atoms with Crippen molar-refractivity contribution in [1.82, 2.24) is 14.9 Å². The molecule has 0 N–H and O–H groups in total. The van der Waals surface area contributed by atoms with Gasteiger partial charge in [0.2, 0.25) is 5.91 Å². The fraction of sp³-hybridized carbons (Fsp3) is 0.353. The lowest BCUT2D eigenvalue weighted by molar-refractivity contribution is -0.127. The number of rotatable bonds is 5. The monoisotopic (exact) mass is 345 g/mol. The average molecular weight is 345 g/mol. The number of carbonyl (C=O) groups is 1. The first-order chi connectivity index (χ1) is 11.2. The molecule has 6 heteroatoms. The Kier molecular flexibility index (Phi) is 5.56. The Bertz CT molecular complexity index is 687. The summed E-state index contributed by atoms with van der Waals surface area (Å²) in [4.78, 5) is 24.2. The minimum Gasteiger partial charge on any atom is -0.342 e. The van der Waals surface area contributed by atoms with Crippen LogP contribution in [0.4, 0.5) is 0 Å². The van der Waals surface area contributed by atoms with Gasteiger partial charge in [0, 0.05) is 30.4 Å². The first kappa shape index (κ1) is 16.3. The Balaban J connectivity index is 1.68. The molecule has 1 saturated heterocycles. The van der Waals surface area contributed by atoms with E-state index in [1.807, 2.05) is 17.0 Å². The molecule has 3 rings (SSSR count). The smallest absolute Gasteiger partial charge is 0.232 e. The highest BCUT2D eigenvalue weighted by atomic mass is 32.2. The molecule has 1 aliphatic rings. The molecule has 2 heterocycles. The van der Waals surface area contributed by atoms with E-state index in [1.165, 1.54) is 22.2 Å². The molecule has 0 saturated carbocycles. The molecule has 1 amide bonds. The largest absolute Gasteiger partial charge is 0.342 e. The van der Waals surface area contributed by atoms with Gasteiger partial charge < -0.3 is 4.90 Å². The van der Waals surface area contributed by atoms with E-state index in [1.54, 1.807) is 24.2 Å². The number of nitrogens with zero attached hydrogens (tertiary/aromatic N) is 3. The second-order valence-electron chi connectivity index (χ2n) is 5.41. The lowest BCUT2D eigenvalue weighted by atomic mass is 10.2.